The van der Waals surface area contributed by atoms with E-state index >= 15 is 0 Å². The van der Waals surface area contributed by atoms with Crippen molar-refractivity contribution in [3.63, 3.8) is 0 Å². The SMILES string of the molecule is COc1cc(NC2CCC(O)CC2)ccn1. The van der Waals surface area contributed by atoms with Crippen LogP contribution in [0.3, 0.4) is 0 Å². The first kappa shape index (κ1) is 11.2. The number of ether oxygens (including phenoxy) is 1. The highest BCUT2D eigenvalue weighted by Gasteiger charge is 2.18. The lowest BCUT2D eigenvalue weighted by Crippen LogP contribution is -2.28. The molecule has 1 saturated carbocycles. The molecular formula is C12H18N2O2. The summed E-state index contributed by atoms with van der Waals surface area (Å²) >= 11 is 0. The summed E-state index contributed by atoms with van der Waals surface area (Å²) in [5, 5.41) is 12.9. The van der Waals surface area contributed by atoms with E-state index in [2.05, 4.69) is 10.3 Å². The molecule has 1 aliphatic rings. The Bertz CT molecular complexity index is 336. The van der Waals surface area contributed by atoms with Crippen LogP contribution in [0.2, 0.25) is 0 Å². The fourth-order valence-electron chi connectivity index (χ4n) is 2.07. The van der Waals surface area contributed by atoms with Crippen LogP contribution in [0.25, 0.3) is 0 Å². The Hall–Kier alpha value is -1.29. The zero-order chi connectivity index (χ0) is 11.4. The van der Waals surface area contributed by atoms with Crippen molar-refractivity contribution >= 4 is 5.69 Å². The van der Waals surface area contributed by atoms with Gasteiger partial charge in [-0.1, -0.05) is 0 Å². The summed E-state index contributed by atoms with van der Waals surface area (Å²) in [6.07, 6.45) is 5.45. The maximum atomic E-state index is 9.42. The molecule has 0 bridgehead atoms. The highest BCUT2D eigenvalue weighted by atomic mass is 16.5. The molecule has 1 aliphatic carbocycles. The number of nitrogens with one attached hydrogen (secondary N) is 1. The standard InChI is InChI=1S/C12H18N2O2/c1-16-12-8-10(6-7-13-12)14-9-2-4-11(15)5-3-9/h6-9,11,15H,2-5H2,1H3,(H,13,14). The van der Waals surface area contributed by atoms with E-state index in [0.717, 1.165) is 31.4 Å². The lowest BCUT2D eigenvalue weighted by atomic mass is 9.93. The second-order valence-corrected chi connectivity index (χ2v) is 4.24. The summed E-state index contributed by atoms with van der Waals surface area (Å²) in [7, 11) is 1.61. The third kappa shape index (κ3) is 2.85. The molecule has 2 N–H and O–H groups in total. The average molecular weight is 222 g/mol. The molecule has 0 radical (unpaired) electrons. The van der Waals surface area contributed by atoms with Crippen LogP contribution in [0.15, 0.2) is 18.3 Å². The molecule has 0 amide bonds. The summed E-state index contributed by atoms with van der Waals surface area (Å²) in [5.41, 5.74) is 1.04. The number of hydrogen-bond donors (Lipinski definition) is 2. The summed E-state index contributed by atoms with van der Waals surface area (Å²) in [6, 6.07) is 4.29. The highest BCUT2D eigenvalue weighted by molar-refractivity contribution is 5.45. The zero-order valence-electron chi connectivity index (χ0n) is 9.52. The Morgan fingerprint density at radius 1 is 1.38 bits per heavy atom. The van der Waals surface area contributed by atoms with Crippen LogP contribution in [-0.2, 0) is 0 Å². The lowest BCUT2D eigenvalue weighted by molar-refractivity contribution is 0.126. The van der Waals surface area contributed by atoms with E-state index in [9.17, 15) is 5.11 Å². The Labute approximate surface area is 95.7 Å². The molecule has 0 spiro atoms. The van der Waals surface area contributed by atoms with E-state index in [-0.39, 0.29) is 6.10 Å². The Kier molecular flexibility index (Phi) is 3.62. The lowest BCUT2D eigenvalue weighted by Gasteiger charge is -2.27. The Balaban J connectivity index is 1.93. The van der Waals surface area contributed by atoms with Gasteiger partial charge in [-0.05, 0) is 31.7 Å². The minimum atomic E-state index is -0.106. The van der Waals surface area contributed by atoms with Crippen molar-refractivity contribution < 1.29 is 9.84 Å². The van der Waals surface area contributed by atoms with E-state index in [4.69, 9.17) is 4.74 Å². The van der Waals surface area contributed by atoms with Crippen molar-refractivity contribution in [1.29, 1.82) is 0 Å². The molecule has 0 aromatic carbocycles. The average Bonchev–Trinajstić information content (AvgIpc) is 2.32. The van der Waals surface area contributed by atoms with Gasteiger partial charge in [-0.2, -0.15) is 0 Å². The first-order valence-corrected chi connectivity index (χ1v) is 5.72. The first-order valence-electron chi connectivity index (χ1n) is 5.72. The number of aliphatic hydroxyl groups excluding tert-OH is 1. The second-order valence-electron chi connectivity index (χ2n) is 4.24. The molecule has 0 atom stereocenters. The molecule has 1 aromatic rings. The van der Waals surface area contributed by atoms with Gasteiger partial charge in [0.05, 0.1) is 13.2 Å². The number of nitrogens with zero attached hydrogens (tertiary/aromatic N) is 1. The number of methoxy groups -OCH3 is 1. The van der Waals surface area contributed by atoms with Crippen LogP contribution in [-0.4, -0.2) is 29.3 Å². The molecule has 4 heteroatoms. The van der Waals surface area contributed by atoms with Crippen molar-refractivity contribution in [2.75, 3.05) is 12.4 Å². The van der Waals surface area contributed by atoms with Crippen molar-refractivity contribution in [3.05, 3.63) is 18.3 Å². The van der Waals surface area contributed by atoms with E-state index in [1.54, 1.807) is 13.3 Å². The fraction of sp³-hybridized carbons (Fsp3) is 0.583. The van der Waals surface area contributed by atoms with Gasteiger partial charge in [-0.25, -0.2) is 4.98 Å². The molecular weight excluding hydrogens is 204 g/mol. The van der Waals surface area contributed by atoms with E-state index in [1.165, 1.54) is 0 Å². The molecule has 16 heavy (non-hydrogen) atoms. The Morgan fingerprint density at radius 2 is 2.12 bits per heavy atom. The number of aliphatic hydroxyl groups is 1. The highest BCUT2D eigenvalue weighted by Crippen LogP contribution is 2.23. The first-order chi connectivity index (χ1) is 7.78. The number of anilines is 1. The van der Waals surface area contributed by atoms with Crippen LogP contribution < -0.4 is 10.1 Å². The molecule has 1 heterocycles. The smallest absolute Gasteiger partial charge is 0.214 e. The maximum Gasteiger partial charge on any atom is 0.214 e. The number of hydrogen-bond acceptors (Lipinski definition) is 4. The molecule has 1 fully saturated rings. The van der Waals surface area contributed by atoms with Gasteiger partial charge in [-0.15, -0.1) is 0 Å². The number of pyridine rings is 1. The maximum absolute atomic E-state index is 9.42. The predicted octanol–water partition coefficient (Wildman–Crippen LogP) is 1.81. The van der Waals surface area contributed by atoms with Gasteiger partial charge in [0.2, 0.25) is 5.88 Å². The second kappa shape index (κ2) is 5.16. The molecule has 88 valence electrons. The zero-order valence-corrected chi connectivity index (χ0v) is 9.52. The normalized spacial score (nSPS) is 25.1. The van der Waals surface area contributed by atoms with E-state index in [1.807, 2.05) is 12.1 Å². The van der Waals surface area contributed by atoms with Crippen LogP contribution in [0.5, 0.6) is 5.88 Å². The van der Waals surface area contributed by atoms with Crippen LogP contribution >= 0.6 is 0 Å². The molecule has 0 unspecified atom stereocenters. The van der Waals surface area contributed by atoms with E-state index in [0.29, 0.717) is 11.9 Å². The van der Waals surface area contributed by atoms with E-state index < -0.39 is 0 Å². The minimum Gasteiger partial charge on any atom is -0.481 e. The largest absolute Gasteiger partial charge is 0.481 e. The topological polar surface area (TPSA) is 54.4 Å². The summed E-state index contributed by atoms with van der Waals surface area (Å²) in [5.74, 6) is 0.626. The van der Waals surface area contributed by atoms with Crippen molar-refractivity contribution in [2.45, 2.75) is 37.8 Å². The van der Waals surface area contributed by atoms with Crippen LogP contribution in [0.1, 0.15) is 25.7 Å². The van der Waals surface area contributed by atoms with Gasteiger partial charge < -0.3 is 15.2 Å². The fourth-order valence-corrected chi connectivity index (χ4v) is 2.07. The molecule has 1 aromatic heterocycles. The van der Waals surface area contributed by atoms with Crippen molar-refractivity contribution in [2.24, 2.45) is 0 Å². The van der Waals surface area contributed by atoms with Gasteiger partial charge >= 0.3 is 0 Å². The van der Waals surface area contributed by atoms with Gasteiger partial charge in [0, 0.05) is 24.0 Å². The summed E-state index contributed by atoms with van der Waals surface area (Å²) in [6.45, 7) is 0. The van der Waals surface area contributed by atoms with Crippen molar-refractivity contribution in [1.82, 2.24) is 4.98 Å². The quantitative estimate of drug-likeness (QED) is 0.819. The molecule has 0 saturated heterocycles. The molecule has 4 nitrogen and oxygen atoms in total. The van der Waals surface area contributed by atoms with Gasteiger partial charge in [0.1, 0.15) is 0 Å². The molecule has 0 aliphatic heterocycles. The third-order valence-electron chi connectivity index (χ3n) is 3.01. The van der Waals surface area contributed by atoms with Gasteiger partial charge in [0.25, 0.3) is 0 Å². The summed E-state index contributed by atoms with van der Waals surface area (Å²) < 4.78 is 5.07. The summed E-state index contributed by atoms with van der Waals surface area (Å²) in [4.78, 5) is 4.06. The van der Waals surface area contributed by atoms with Crippen LogP contribution in [0.4, 0.5) is 5.69 Å². The predicted molar refractivity (Wildman–Crippen MR) is 62.7 cm³/mol. The number of rotatable bonds is 3. The van der Waals surface area contributed by atoms with Crippen LogP contribution in [0, 0.1) is 0 Å². The third-order valence-corrected chi connectivity index (χ3v) is 3.01. The Morgan fingerprint density at radius 3 is 2.81 bits per heavy atom. The monoisotopic (exact) mass is 222 g/mol. The van der Waals surface area contributed by atoms with Gasteiger partial charge in [-0.3, -0.25) is 0 Å². The minimum absolute atomic E-state index is 0.106. The molecule has 2 rings (SSSR count). The van der Waals surface area contributed by atoms with Gasteiger partial charge in [0.15, 0.2) is 0 Å². The van der Waals surface area contributed by atoms with Crippen molar-refractivity contribution in [3.8, 4) is 5.88 Å². The number of aromatic nitrogens is 1.